The van der Waals surface area contributed by atoms with Crippen LogP contribution in [0.5, 0.6) is 0 Å². The summed E-state index contributed by atoms with van der Waals surface area (Å²) in [4.78, 5) is 28.1. The van der Waals surface area contributed by atoms with Gasteiger partial charge in [0.25, 0.3) is 5.91 Å². The van der Waals surface area contributed by atoms with Gasteiger partial charge in [-0.25, -0.2) is 0 Å². The number of likely N-dealkylation sites (tertiary alicyclic amines) is 1. The average Bonchev–Trinajstić information content (AvgIpc) is 3.14. The van der Waals surface area contributed by atoms with Crippen LogP contribution in [0.3, 0.4) is 0 Å². The molecule has 0 spiro atoms. The van der Waals surface area contributed by atoms with Crippen LogP contribution in [0.4, 0.5) is 0 Å². The number of carbonyl (C=O) groups excluding carboxylic acids is 1. The van der Waals surface area contributed by atoms with Crippen LogP contribution in [-0.2, 0) is 6.54 Å². The fraction of sp³-hybridized carbons (Fsp3) is 0.381. The van der Waals surface area contributed by atoms with E-state index in [0.29, 0.717) is 30.0 Å². The van der Waals surface area contributed by atoms with Crippen LogP contribution in [-0.4, -0.2) is 38.7 Å². The van der Waals surface area contributed by atoms with E-state index in [0.717, 1.165) is 29.7 Å². The number of hydrogen-bond donors (Lipinski definition) is 1. The van der Waals surface area contributed by atoms with Crippen LogP contribution in [0.2, 0.25) is 5.02 Å². The lowest BCUT2D eigenvalue weighted by Crippen LogP contribution is -2.41. The van der Waals surface area contributed by atoms with Gasteiger partial charge in [-0.1, -0.05) is 11.6 Å². The molecule has 146 valence electrons. The Kier molecular flexibility index (Phi) is 4.98. The van der Waals surface area contributed by atoms with E-state index in [4.69, 9.17) is 11.6 Å². The summed E-state index contributed by atoms with van der Waals surface area (Å²) in [5.41, 5.74) is 2.72. The van der Waals surface area contributed by atoms with E-state index in [1.807, 2.05) is 30.5 Å². The van der Waals surface area contributed by atoms with Gasteiger partial charge >= 0.3 is 0 Å². The smallest absolute Gasteiger partial charge is 0.259 e. The maximum Gasteiger partial charge on any atom is 0.259 e. The highest BCUT2D eigenvalue weighted by atomic mass is 35.5. The number of H-pyrrole nitrogens is 1. The van der Waals surface area contributed by atoms with Gasteiger partial charge in [0.2, 0.25) is 5.43 Å². The fourth-order valence-corrected chi connectivity index (χ4v) is 4.18. The fourth-order valence-electron chi connectivity index (χ4n) is 4.01. The van der Waals surface area contributed by atoms with Crippen molar-refractivity contribution < 1.29 is 4.79 Å². The van der Waals surface area contributed by atoms with Crippen molar-refractivity contribution in [1.82, 2.24) is 19.7 Å². The summed E-state index contributed by atoms with van der Waals surface area (Å²) in [6.45, 7) is 5.84. The number of halogens is 1. The highest BCUT2D eigenvalue weighted by Gasteiger charge is 2.28. The number of aryl methyl sites for hydroxylation is 2. The molecule has 1 aliphatic heterocycles. The number of amides is 1. The van der Waals surface area contributed by atoms with E-state index < -0.39 is 0 Å². The molecule has 1 aliphatic rings. The van der Waals surface area contributed by atoms with Gasteiger partial charge in [0, 0.05) is 47.9 Å². The van der Waals surface area contributed by atoms with Crippen molar-refractivity contribution in [3.63, 3.8) is 0 Å². The number of fused-ring (bicyclic) bond motifs is 1. The Labute approximate surface area is 168 Å². The topological polar surface area (TPSA) is 71.0 Å². The van der Waals surface area contributed by atoms with Gasteiger partial charge in [0.05, 0.1) is 11.2 Å². The first kappa shape index (κ1) is 18.7. The monoisotopic (exact) mass is 398 g/mol. The number of pyridine rings is 1. The van der Waals surface area contributed by atoms with E-state index >= 15 is 0 Å². The van der Waals surface area contributed by atoms with Crippen molar-refractivity contribution in [2.45, 2.75) is 39.2 Å². The first-order chi connectivity index (χ1) is 13.5. The van der Waals surface area contributed by atoms with Gasteiger partial charge in [0.1, 0.15) is 5.56 Å². The molecule has 28 heavy (non-hydrogen) atoms. The molecule has 1 aromatic carbocycles. The predicted molar refractivity (Wildman–Crippen MR) is 110 cm³/mol. The van der Waals surface area contributed by atoms with E-state index in [9.17, 15) is 9.59 Å². The van der Waals surface area contributed by atoms with Crippen LogP contribution in [0.25, 0.3) is 10.9 Å². The van der Waals surface area contributed by atoms with Crippen molar-refractivity contribution in [3.8, 4) is 0 Å². The number of aromatic nitrogens is 3. The lowest BCUT2D eigenvalue weighted by Gasteiger charge is -2.32. The largest absolute Gasteiger partial charge is 0.347 e. The van der Waals surface area contributed by atoms with Crippen molar-refractivity contribution >= 4 is 28.4 Å². The summed E-state index contributed by atoms with van der Waals surface area (Å²) in [5.74, 6) is -0.0306. The number of carbonyl (C=O) groups is 1. The van der Waals surface area contributed by atoms with Gasteiger partial charge in [-0.05, 0) is 51.0 Å². The molecule has 1 saturated heterocycles. The van der Waals surface area contributed by atoms with E-state index in [1.54, 1.807) is 23.2 Å². The Balaban J connectivity index is 1.70. The van der Waals surface area contributed by atoms with Crippen molar-refractivity contribution in [1.29, 1.82) is 0 Å². The Morgan fingerprint density at radius 2 is 2.18 bits per heavy atom. The quantitative estimate of drug-likeness (QED) is 0.730. The number of benzene rings is 1. The second-order valence-corrected chi connectivity index (χ2v) is 7.82. The minimum Gasteiger partial charge on any atom is -0.347 e. The minimum atomic E-state index is -0.259. The summed E-state index contributed by atoms with van der Waals surface area (Å²) in [6, 6.07) is 7.26. The van der Waals surface area contributed by atoms with E-state index in [2.05, 4.69) is 10.2 Å². The second-order valence-electron chi connectivity index (χ2n) is 7.39. The van der Waals surface area contributed by atoms with Gasteiger partial charge in [0.15, 0.2) is 0 Å². The Morgan fingerprint density at radius 1 is 1.36 bits per heavy atom. The SMILES string of the molecule is CCn1cc(C(=O)N2CCCC(c3cc(C)[nH]n3)C2)c(=O)c2cc(Cl)ccc21. The molecule has 7 heteroatoms. The maximum atomic E-state index is 13.3. The normalized spacial score (nSPS) is 17.2. The number of rotatable bonds is 3. The standard InChI is InChI=1S/C21H23ClN4O2/c1-3-25-12-17(20(27)16-10-15(22)6-7-19(16)25)21(28)26-8-4-5-14(11-26)18-9-13(2)23-24-18/h6-7,9-10,12,14H,3-5,8,11H2,1-2H3,(H,23,24). The Hall–Kier alpha value is -2.60. The Bertz CT molecular complexity index is 1100. The van der Waals surface area contributed by atoms with Crippen LogP contribution in [0.1, 0.15) is 47.4 Å². The zero-order chi connectivity index (χ0) is 19.8. The molecule has 0 radical (unpaired) electrons. The third-order valence-electron chi connectivity index (χ3n) is 5.47. The van der Waals surface area contributed by atoms with Crippen LogP contribution in [0, 0.1) is 6.92 Å². The summed E-state index contributed by atoms with van der Waals surface area (Å²) >= 11 is 6.10. The third-order valence-corrected chi connectivity index (χ3v) is 5.70. The molecule has 1 unspecified atom stereocenters. The summed E-state index contributed by atoms with van der Waals surface area (Å²) in [7, 11) is 0. The number of nitrogens with zero attached hydrogens (tertiary/aromatic N) is 3. The number of piperidine rings is 1. The van der Waals surface area contributed by atoms with Gasteiger partial charge in [-0.15, -0.1) is 0 Å². The van der Waals surface area contributed by atoms with Gasteiger partial charge in [-0.3, -0.25) is 14.7 Å². The molecule has 0 saturated carbocycles. The lowest BCUT2D eigenvalue weighted by molar-refractivity contribution is 0.0704. The zero-order valence-electron chi connectivity index (χ0n) is 16.0. The highest BCUT2D eigenvalue weighted by molar-refractivity contribution is 6.31. The van der Waals surface area contributed by atoms with Crippen LogP contribution < -0.4 is 5.43 Å². The summed E-state index contributed by atoms with van der Waals surface area (Å²) in [5, 5.41) is 8.30. The van der Waals surface area contributed by atoms with Crippen molar-refractivity contribution in [2.75, 3.05) is 13.1 Å². The lowest BCUT2D eigenvalue weighted by atomic mass is 9.94. The van der Waals surface area contributed by atoms with Crippen molar-refractivity contribution in [3.05, 3.63) is 62.7 Å². The molecule has 1 atom stereocenters. The molecule has 4 rings (SSSR count). The molecule has 1 fully saturated rings. The van der Waals surface area contributed by atoms with Crippen LogP contribution in [0.15, 0.2) is 35.3 Å². The maximum absolute atomic E-state index is 13.3. The molecule has 6 nitrogen and oxygen atoms in total. The van der Waals surface area contributed by atoms with Crippen molar-refractivity contribution in [2.24, 2.45) is 0 Å². The molecule has 1 N–H and O–H groups in total. The van der Waals surface area contributed by atoms with E-state index in [-0.39, 0.29) is 22.8 Å². The second kappa shape index (κ2) is 7.43. The Morgan fingerprint density at radius 3 is 2.89 bits per heavy atom. The van der Waals surface area contributed by atoms with Gasteiger partial charge in [-0.2, -0.15) is 5.10 Å². The molecule has 3 aromatic rings. The zero-order valence-corrected chi connectivity index (χ0v) is 16.8. The molecular weight excluding hydrogens is 376 g/mol. The summed E-state index contributed by atoms with van der Waals surface area (Å²) in [6.07, 6.45) is 3.56. The predicted octanol–water partition coefficient (Wildman–Crippen LogP) is 3.73. The molecule has 3 heterocycles. The van der Waals surface area contributed by atoms with E-state index in [1.165, 1.54) is 0 Å². The van der Waals surface area contributed by atoms with Gasteiger partial charge < -0.3 is 9.47 Å². The number of aromatic amines is 1. The first-order valence-corrected chi connectivity index (χ1v) is 9.99. The van der Waals surface area contributed by atoms with Crippen LogP contribution >= 0.6 is 11.6 Å². The minimum absolute atomic E-state index is 0.186. The number of hydrogen-bond acceptors (Lipinski definition) is 3. The summed E-state index contributed by atoms with van der Waals surface area (Å²) < 4.78 is 1.93. The molecule has 1 amide bonds. The number of nitrogens with one attached hydrogen (secondary N) is 1. The molecular formula is C21H23ClN4O2. The third kappa shape index (κ3) is 3.33. The highest BCUT2D eigenvalue weighted by Crippen LogP contribution is 2.27. The molecule has 2 aromatic heterocycles. The molecule has 0 aliphatic carbocycles. The molecule has 0 bridgehead atoms. The average molecular weight is 399 g/mol. The first-order valence-electron chi connectivity index (χ1n) is 9.61.